The van der Waals surface area contributed by atoms with Crippen molar-refractivity contribution < 1.29 is 19.1 Å². The number of imide groups is 1. The minimum atomic E-state index is -0.699. The Balaban J connectivity index is 1.86. The Labute approximate surface area is 139 Å². The fourth-order valence-electron chi connectivity index (χ4n) is 2.89. The second-order valence-corrected chi connectivity index (χ2v) is 5.52. The van der Waals surface area contributed by atoms with E-state index in [1.54, 1.807) is 55.5 Å². The minimum Gasteiger partial charge on any atom is -0.427 e. The summed E-state index contributed by atoms with van der Waals surface area (Å²) in [5.74, 6) is -1.44. The van der Waals surface area contributed by atoms with Crippen LogP contribution in [0.25, 0.3) is 0 Å². The lowest BCUT2D eigenvalue weighted by atomic mass is 9.86. The van der Waals surface area contributed by atoms with Crippen molar-refractivity contribution in [2.75, 3.05) is 6.54 Å². The van der Waals surface area contributed by atoms with E-state index >= 15 is 0 Å². The van der Waals surface area contributed by atoms with Crippen molar-refractivity contribution in [2.45, 2.75) is 19.3 Å². The number of fused-ring (bicyclic) bond motifs is 1. The van der Waals surface area contributed by atoms with E-state index in [1.165, 1.54) is 4.90 Å². The molecule has 0 aliphatic carbocycles. The molecule has 1 aliphatic heterocycles. The Kier molecular flexibility index (Phi) is 4.42. The topological polar surface area (TPSA) is 63.7 Å². The maximum atomic E-state index is 12.6. The maximum Gasteiger partial charge on any atom is 0.312 e. The van der Waals surface area contributed by atoms with E-state index in [4.69, 9.17) is 4.74 Å². The number of likely N-dealkylation sites (N-methyl/N-ethyl adjacent to an activating group) is 1. The van der Waals surface area contributed by atoms with E-state index in [0.29, 0.717) is 16.9 Å². The van der Waals surface area contributed by atoms with Crippen molar-refractivity contribution in [3.8, 4) is 5.75 Å². The molecule has 0 N–H and O–H groups in total. The Morgan fingerprint density at radius 1 is 1.04 bits per heavy atom. The highest BCUT2D eigenvalue weighted by Gasteiger charge is 2.39. The zero-order valence-corrected chi connectivity index (χ0v) is 13.3. The highest BCUT2D eigenvalue weighted by molar-refractivity contribution is 6.12. The monoisotopic (exact) mass is 323 g/mol. The number of esters is 1. The van der Waals surface area contributed by atoms with Gasteiger partial charge in [-0.05, 0) is 30.7 Å². The van der Waals surface area contributed by atoms with Crippen LogP contribution in [-0.2, 0) is 9.59 Å². The van der Waals surface area contributed by atoms with Crippen LogP contribution in [0.1, 0.15) is 35.2 Å². The van der Waals surface area contributed by atoms with Crippen molar-refractivity contribution in [3.63, 3.8) is 0 Å². The maximum absolute atomic E-state index is 12.6. The molecule has 5 heteroatoms. The van der Waals surface area contributed by atoms with Crippen LogP contribution in [0, 0.1) is 0 Å². The smallest absolute Gasteiger partial charge is 0.312 e. The molecule has 2 amide bonds. The summed E-state index contributed by atoms with van der Waals surface area (Å²) in [6, 6.07) is 15.6. The van der Waals surface area contributed by atoms with Crippen molar-refractivity contribution in [1.82, 2.24) is 4.90 Å². The average Bonchev–Trinajstić information content (AvgIpc) is 2.60. The fraction of sp³-hybridized carbons (Fsp3) is 0.211. The van der Waals surface area contributed by atoms with Gasteiger partial charge in [0, 0.05) is 12.1 Å². The van der Waals surface area contributed by atoms with Gasteiger partial charge in [0.15, 0.2) is 0 Å². The Morgan fingerprint density at radius 3 is 2.42 bits per heavy atom. The summed E-state index contributed by atoms with van der Waals surface area (Å²) in [6.07, 6.45) is -0.103. The Hall–Kier alpha value is -2.95. The van der Waals surface area contributed by atoms with Crippen LogP contribution < -0.4 is 4.74 Å². The summed E-state index contributed by atoms with van der Waals surface area (Å²) in [4.78, 5) is 38.4. The summed E-state index contributed by atoms with van der Waals surface area (Å²) < 4.78 is 5.28. The number of carbonyl (C=O) groups excluding carboxylic acids is 3. The lowest BCUT2D eigenvalue weighted by Crippen LogP contribution is -2.45. The van der Waals surface area contributed by atoms with Crippen molar-refractivity contribution in [2.24, 2.45) is 0 Å². The second-order valence-electron chi connectivity index (χ2n) is 5.52. The molecule has 0 bridgehead atoms. The van der Waals surface area contributed by atoms with Gasteiger partial charge < -0.3 is 4.74 Å². The van der Waals surface area contributed by atoms with Crippen LogP contribution in [0.4, 0.5) is 0 Å². The number of benzene rings is 2. The van der Waals surface area contributed by atoms with E-state index in [9.17, 15) is 14.4 Å². The molecule has 0 saturated carbocycles. The van der Waals surface area contributed by atoms with Crippen LogP contribution in [0.15, 0.2) is 54.6 Å². The van der Waals surface area contributed by atoms with Crippen LogP contribution >= 0.6 is 0 Å². The standard InChI is InChI=1S/C19H17NO4/c1-2-20-18(22)15-11-7-6-10-14(15)16(19(20)23)12-17(21)24-13-8-4-3-5-9-13/h3-11,16H,2,12H2,1H3. The molecule has 0 saturated heterocycles. The van der Waals surface area contributed by atoms with Gasteiger partial charge in [0.1, 0.15) is 5.75 Å². The van der Waals surface area contributed by atoms with E-state index in [2.05, 4.69) is 0 Å². The van der Waals surface area contributed by atoms with Crippen molar-refractivity contribution in [1.29, 1.82) is 0 Å². The van der Waals surface area contributed by atoms with Crippen LogP contribution in [0.5, 0.6) is 5.75 Å². The third-order valence-corrected chi connectivity index (χ3v) is 4.04. The van der Waals surface area contributed by atoms with Gasteiger partial charge in [-0.2, -0.15) is 0 Å². The zero-order valence-electron chi connectivity index (χ0n) is 13.3. The van der Waals surface area contributed by atoms with Crippen molar-refractivity contribution >= 4 is 17.8 Å². The summed E-state index contributed by atoms with van der Waals surface area (Å²) in [5.41, 5.74) is 1.05. The number of rotatable bonds is 4. The molecule has 5 nitrogen and oxygen atoms in total. The molecule has 3 rings (SSSR count). The van der Waals surface area contributed by atoms with Crippen molar-refractivity contribution in [3.05, 3.63) is 65.7 Å². The molecule has 2 aromatic rings. The fourth-order valence-corrected chi connectivity index (χ4v) is 2.89. The van der Waals surface area contributed by atoms with Crippen LogP contribution in [-0.4, -0.2) is 29.2 Å². The number of amides is 2. The number of ether oxygens (including phenoxy) is 1. The molecule has 24 heavy (non-hydrogen) atoms. The molecule has 122 valence electrons. The van der Waals surface area contributed by atoms with Crippen LogP contribution in [0.3, 0.4) is 0 Å². The third-order valence-electron chi connectivity index (χ3n) is 4.04. The average molecular weight is 323 g/mol. The van der Waals surface area contributed by atoms with E-state index in [0.717, 1.165) is 0 Å². The molecular formula is C19H17NO4. The summed E-state index contributed by atoms with van der Waals surface area (Å²) in [7, 11) is 0. The summed E-state index contributed by atoms with van der Waals surface area (Å²) >= 11 is 0. The largest absolute Gasteiger partial charge is 0.427 e. The first kappa shape index (κ1) is 15.9. The van der Waals surface area contributed by atoms with Gasteiger partial charge in [-0.25, -0.2) is 0 Å². The summed E-state index contributed by atoms with van der Waals surface area (Å²) in [5, 5.41) is 0. The Morgan fingerprint density at radius 2 is 1.71 bits per heavy atom. The highest BCUT2D eigenvalue weighted by Crippen LogP contribution is 2.32. The van der Waals surface area contributed by atoms with Gasteiger partial charge in [-0.15, -0.1) is 0 Å². The molecule has 0 aromatic heterocycles. The SMILES string of the molecule is CCN1C(=O)c2ccccc2C(CC(=O)Oc2ccccc2)C1=O. The molecule has 1 unspecified atom stereocenters. The lowest BCUT2D eigenvalue weighted by Gasteiger charge is -2.31. The number of nitrogens with zero attached hydrogens (tertiary/aromatic N) is 1. The van der Waals surface area contributed by atoms with Gasteiger partial charge in [0.2, 0.25) is 5.91 Å². The molecular weight excluding hydrogens is 306 g/mol. The molecule has 2 aromatic carbocycles. The predicted octanol–water partition coefficient (Wildman–Crippen LogP) is 2.77. The normalized spacial score (nSPS) is 16.7. The van der Waals surface area contributed by atoms with Gasteiger partial charge in [0.05, 0.1) is 12.3 Å². The molecule has 1 atom stereocenters. The number of hydrogen-bond donors (Lipinski definition) is 0. The highest BCUT2D eigenvalue weighted by atomic mass is 16.5. The number of hydrogen-bond acceptors (Lipinski definition) is 4. The second kappa shape index (κ2) is 6.66. The molecule has 0 fully saturated rings. The molecule has 1 aliphatic rings. The molecule has 0 radical (unpaired) electrons. The van der Waals surface area contributed by atoms with Crippen LogP contribution in [0.2, 0.25) is 0 Å². The Bertz CT molecular complexity index is 785. The minimum absolute atomic E-state index is 0.103. The van der Waals surface area contributed by atoms with Gasteiger partial charge in [0.25, 0.3) is 5.91 Å². The summed E-state index contributed by atoms with van der Waals surface area (Å²) in [6.45, 7) is 2.01. The predicted molar refractivity (Wildman–Crippen MR) is 87.6 cm³/mol. The first-order valence-electron chi connectivity index (χ1n) is 7.82. The van der Waals surface area contributed by atoms with Gasteiger partial charge in [-0.3, -0.25) is 19.3 Å². The zero-order chi connectivity index (χ0) is 17.1. The quantitative estimate of drug-likeness (QED) is 0.493. The van der Waals surface area contributed by atoms with Gasteiger partial charge in [-0.1, -0.05) is 36.4 Å². The first-order valence-corrected chi connectivity index (χ1v) is 7.82. The number of para-hydroxylation sites is 1. The number of carbonyl (C=O) groups is 3. The van der Waals surface area contributed by atoms with E-state index in [-0.39, 0.29) is 24.8 Å². The van der Waals surface area contributed by atoms with E-state index < -0.39 is 11.9 Å². The third kappa shape index (κ3) is 2.93. The van der Waals surface area contributed by atoms with Gasteiger partial charge >= 0.3 is 5.97 Å². The molecule has 0 spiro atoms. The lowest BCUT2D eigenvalue weighted by molar-refractivity contribution is -0.139. The first-order chi connectivity index (χ1) is 11.6. The molecule has 1 heterocycles. The van der Waals surface area contributed by atoms with E-state index in [1.807, 2.05) is 6.07 Å².